The molecule has 0 atom stereocenters. The van der Waals surface area contributed by atoms with E-state index in [1.807, 2.05) is 29.2 Å². The van der Waals surface area contributed by atoms with Crippen molar-refractivity contribution in [3.05, 3.63) is 83.9 Å². The first-order chi connectivity index (χ1) is 15.2. The van der Waals surface area contributed by atoms with Crippen LogP contribution in [0.1, 0.15) is 48.0 Å². The van der Waals surface area contributed by atoms with E-state index >= 15 is 0 Å². The van der Waals surface area contributed by atoms with Crippen LogP contribution in [0.3, 0.4) is 0 Å². The molecule has 0 bridgehead atoms. The molecule has 3 aromatic rings. The Morgan fingerprint density at radius 2 is 1.81 bits per heavy atom. The number of nitrogens with zero attached hydrogens (tertiary/aromatic N) is 2. The molecule has 1 aliphatic heterocycles. The summed E-state index contributed by atoms with van der Waals surface area (Å²) in [6, 6.07) is 16.3. The fourth-order valence-corrected chi connectivity index (χ4v) is 4.10. The molecule has 0 spiro atoms. The smallest absolute Gasteiger partial charge is 0.259 e. The number of carbonyl (C=O) groups is 1. The Balaban J connectivity index is 1.75. The number of aromatic nitrogens is 1. The highest BCUT2D eigenvalue weighted by Crippen LogP contribution is 2.30. The highest BCUT2D eigenvalue weighted by molar-refractivity contribution is 6.06. The van der Waals surface area contributed by atoms with Gasteiger partial charge in [0.25, 0.3) is 5.91 Å². The molecule has 2 aromatic carbocycles. The number of rotatable bonds is 2. The molecule has 2 heterocycles. The standard InChI is InChI=1S/C26H28FN3O/c27-24-11-5-4-10-23(24)20-12-13-25-22(17-20)19-28-14-6-2-1-3-7-16-30(25)26(31)21-9-8-15-29-18-21/h4-5,8-13,15,17-18,28H,1-3,6-7,14,16,19H2. The summed E-state index contributed by atoms with van der Waals surface area (Å²) in [7, 11) is 0. The molecule has 0 saturated heterocycles. The third kappa shape index (κ3) is 5.17. The van der Waals surface area contributed by atoms with Gasteiger partial charge in [-0.3, -0.25) is 9.78 Å². The van der Waals surface area contributed by atoms with Crippen molar-refractivity contribution in [2.24, 2.45) is 0 Å². The fourth-order valence-electron chi connectivity index (χ4n) is 4.10. The van der Waals surface area contributed by atoms with Gasteiger partial charge in [-0.05, 0) is 60.8 Å². The van der Waals surface area contributed by atoms with Gasteiger partial charge in [-0.25, -0.2) is 4.39 Å². The van der Waals surface area contributed by atoms with Crippen molar-refractivity contribution in [3.63, 3.8) is 0 Å². The minimum absolute atomic E-state index is 0.0509. The van der Waals surface area contributed by atoms with E-state index in [1.54, 1.807) is 36.7 Å². The molecule has 5 heteroatoms. The highest BCUT2D eigenvalue weighted by atomic mass is 19.1. The highest BCUT2D eigenvalue weighted by Gasteiger charge is 2.21. The SMILES string of the molecule is O=C(c1cccnc1)N1CCCCCCCNCc2cc(-c3ccccc3F)ccc21. The summed E-state index contributed by atoms with van der Waals surface area (Å²) in [6.45, 7) is 2.22. The van der Waals surface area contributed by atoms with Crippen molar-refractivity contribution < 1.29 is 9.18 Å². The molecule has 1 amide bonds. The molecule has 1 aliphatic rings. The van der Waals surface area contributed by atoms with Crippen LogP contribution in [0.25, 0.3) is 11.1 Å². The number of fused-ring (bicyclic) bond motifs is 1. The first-order valence-corrected chi connectivity index (χ1v) is 11.0. The van der Waals surface area contributed by atoms with Crippen LogP contribution in [-0.2, 0) is 6.54 Å². The van der Waals surface area contributed by atoms with Gasteiger partial charge < -0.3 is 10.2 Å². The van der Waals surface area contributed by atoms with Crippen LogP contribution in [0, 0.1) is 5.82 Å². The summed E-state index contributed by atoms with van der Waals surface area (Å²) in [6.07, 6.45) is 8.84. The average Bonchev–Trinajstić information content (AvgIpc) is 2.80. The quantitative estimate of drug-likeness (QED) is 0.591. The van der Waals surface area contributed by atoms with Crippen molar-refractivity contribution in [3.8, 4) is 11.1 Å². The van der Waals surface area contributed by atoms with Gasteiger partial charge in [-0.2, -0.15) is 0 Å². The number of carbonyl (C=O) groups excluding carboxylic acids is 1. The topological polar surface area (TPSA) is 45.2 Å². The number of amides is 1. The van der Waals surface area contributed by atoms with E-state index in [0.29, 0.717) is 24.2 Å². The maximum absolute atomic E-state index is 14.4. The summed E-state index contributed by atoms with van der Waals surface area (Å²) in [4.78, 5) is 19.4. The third-order valence-electron chi connectivity index (χ3n) is 5.76. The van der Waals surface area contributed by atoms with Crippen LogP contribution < -0.4 is 10.2 Å². The maximum Gasteiger partial charge on any atom is 0.259 e. The number of hydrogen-bond acceptors (Lipinski definition) is 3. The molecule has 4 rings (SSSR count). The predicted octanol–water partition coefficient (Wildman–Crippen LogP) is 5.59. The minimum atomic E-state index is -0.244. The van der Waals surface area contributed by atoms with Gasteiger partial charge in [0, 0.05) is 36.7 Å². The van der Waals surface area contributed by atoms with Gasteiger partial charge in [-0.1, -0.05) is 43.5 Å². The molecule has 4 nitrogen and oxygen atoms in total. The first kappa shape index (κ1) is 21.2. The van der Waals surface area contributed by atoms with Crippen molar-refractivity contribution >= 4 is 11.6 Å². The maximum atomic E-state index is 14.4. The van der Waals surface area contributed by atoms with Crippen molar-refractivity contribution in [1.29, 1.82) is 0 Å². The second-order valence-electron chi connectivity index (χ2n) is 7.97. The van der Waals surface area contributed by atoms with E-state index in [9.17, 15) is 9.18 Å². The minimum Gasteiger partial charge on any atom is -0.313 e. The summed E-state index contributed by atoms with van der Waals surface area (Å²) in [5.74, 6) is -0.295. The summed E-state index contributed by atoms with van der Waals surface area (Å²) < 4.78 is 14.4. The van der Waals surface area contributed by atoms with E-state index in [2.05, 4.69) is 10.3 Å². The summed E-state index contributed by atoms with van der Waals surface area (Å²) in [5, 5.41) is 3.51. The molecule has 0 aliphatic carbocycles. The summed E-state index contributed by atoms with van der Waals surface area (Å²) >= 11 is 0. The van der Waals surface area contributed by atoms with Gasteiger partial charge in [0.05, 0.1) is 5.56 Å². The molecule has 0 fully saturated rings. The number of nitrogens with one attached hydrogen (secondary N) is 1. The number of hydrogen-bond donors (Lipinski definition) is 1. The van der Waals surface area contributed by atoms with Gasteiger partial charge in [0.2, 0.25) is 0 Å². The lowest BCUT2D eigenvalue weighted by Gasteiger charge is -2.27. The second kappa shape index (κ2) is 10.3. The fraction of sp³-hybridized carbons (Fsp3) is 0.308. The van der Waals surface area contributed by atoms with E-state index in [4.69, 9.17) is 0 Å². The molecule has 1 aromatic heterocycles. The lowest BCUT2D eigenvalue weighted by atomic mass is 9.99. The summed E-state index contributed by atoms with van der Waals surface area (Å²) in [5.41, 5.74) is 3.84. The monoisotopic (exact) mass is 417 g/mol. The Labute approximate surface area is 183 Å². The van der Waals surface area contributed by atoms with Crippen LogP contribution >= 0.6 is 0 Å². The molecule has 0 unspecified atom stereocenters. The molecule has 0 radical (unpaired) electrons. The number of halogens is 1. The Hall–Kier alpha value is -3.05. The lowest BCUT2D eigenvalue weighted by molar-refractivity contribution is 0.0986. The number of pyridine rings is 1. The van der Waals surface area contributed by atoms with E-state index in [-0.39, 0.29) is 11.7 Å². The van der Waals surface area contributed by atoms with Crippen LogP contribution in [0.5, 0.6) is 0 Å². The molecular weight excluding hydrogens is 389 g/mol. The van der Waals surface area contributed by atoms with Crippen molar-refractivity contribution in [1.82, 2.24) is 10.3 Å². The normalized spacial score (nSPS) is 15.5. The van der Waals surface area contributed by atoms with E-state index in [0.717, 1.165) is 42.6 Å². The predicted molar refractivity (Wildman–Crippen MR) is 123 cm³/mol. The zero-order valence-electron chi connectivity index (χ0n) is 17.7. The lowest BCUT2D eigenvalue weighted by Crippen LogP contribution is -2.33. The van der Waals surface area contributed by atoms with Crippen LogP contribution in [0.4, 0.5) is 10.1 Å². The Bertz CT molecular complexity index is 1020. The van der Waals surface area contributed by atoms with Crippen LogP contribution in [0.15, 0.2) is 67.0 Å². The largest absolute Gasteiger partial charge is 0.313 e. The molecule has 31 heavy (non-hydrogen) atoms. The van der Waals surface area contributed by atoms with Gasteiger partial charge in [0.15, 0.2) is 0 Å². The van der Waals surface area contributed by atoms with Crippen LogP contribution in [0.2, 0.25) is 0 Å². The number of anilines is 1. The average molecular weight is 418 g/mol. The molecule has 0 saturated carbocycles. The Kier molecular flexibility index (Phi) is 7.05. The zero-order valence-corrected chi connectivity index (χ0v) is 17.7. The van der Waals surface area contributed by atoms with E-state index in [1.165, 1.54) is 18.9 Å². The van der Waals surface area contributed by atoms with Crippen molar-refractivity contribution in [2.45, 2.75) is 38.6 Å². The van der Waals surface area contributed by atoms with Gasteiger partial charge in [0.1, 0.15) is 5.82 Å². The number of benzene rings is 2. The molecule has 1 N–H and O–H groups in total. The van der Waals surface area contributed by atoms with Gasteiger partial charge in [-0.15, -0.1) is 0 Å². The zero-order chi connectivity index (χ0) is 21.5. The Morgan fingerprint density at radius 1 is 0.968 bits per heavy atom. The molecule has 160 valence electrons. The second-order valence-corrected chi connectivity index (χ2v) is 7.97. The van der Waals surface area contributed by atoms with E-state index < -0.39 is 0 Å². The molecular formula is C26H28FN3O. The third-order valence-corrected chi connectivity index (χ3v) is 5.76. The van der Waals surface area contributed by atoms with Gasteiger partial charge >= 0.3 is 0 Å². The Morgan fingerprint density at radius 3 is 2.65 bits per heavy atom. The van der Waals surface area contributed by atoms with Crippen molar-refractivity contribution in [2.75, 3.05) is 18.0 Å². The van der Waals surface area contributed by atoms with Crippen LogP contribution in [-0.4, -0.2) is 24.0 Å². The first-order valence-electron chi connectivity index (χ1n) is 11.0.